The second-order valence-electron chi connectivity index (χ2n) is 9.48. The quantitative estimate of drug-likeness (QED) is 0.318. The lowest BCUT2D eigenvalue weighted by molar-refractivity contribution is 0.0971. The maximum Gasteiger partial charge on any atom is 0.242 e. The standard InChI is InChI=1S/C27H31N3O4S/c1-18-15-25(30-34-18)26(31)10-2-5-19-11-13-22(14-12-19)35(32,33)29-17-28-27-23-8-3-6-20(23)16-21-7-4-9-24(21)27/h11-16,28-29H,2-10,17H2,1H3. The zero-order valence-electron chi connectivity index (χ0n) is 20.0. The first-order valence-electron chi connectivity index (χ1n) is 12.4. The van der Waals surface area contributed by atoms with Gasteiger partial charge in [-0.1, -0.05) is 23.4 Å². The number of carbonyl (C=O) groups is 1. The largest absolute Gasteiger partial charge is 0.371 e. The van der Waals surface area contributed by atoms with Crippen molar-refractivity contribution in [3.63, 3.8) is 0 Å². The van der Waals surface area contributed by atoms with Gasteiger partial charge < -0.3 is 9.84 Å². The Hall–Kier alpha value is -2.97. The highest BCUT2D eigenvalue weighted by Gasteiger charge is 2.24. The van der Waals surface area contributed by atoms with Crippen molar-refractivity contribution in [1.29, 1.82) is 0 Å². The smallest absolute Gasteiger partial charge is 0.242 e. The Bertz CT molecular complexity index is 1310. The molecule has 0 aliphatic heterocycles. The maximum atomic E-state index is 12.9. The van der Waals surface area contributed by atoms with Crippen LogP contribution in [0.25, 0.3) is 0 Å². The first kappa shape index (κ1) is 23.8. The van der Waals surface area contributed by atoms with E-state index in [4.69, 9.17) is 4.52 Å². The summed E-state index contributed by atoms with van der Waals surface area (Å²) in [5, 5.41) is 7.16. The van der Waals surface area contributed by atoms with Crippen molar-refractivity contribution in [2.24, 2.45) is 0 Å². The Labute approximate surface area is 206 Å². The third-order valence-electron chi connectivity index (χ3n) is 7.02. The molecular formula is C27H31N3O4S. The minimum atomic E-state index is -3.63. The average Bonchev–Trinajstić information content (AvgIpc) is 3.59. The predicted molar refractivity (Wildman–Crippen MR) is 134 cm³/mol. The van der Waals surface area contributed by atoms with Crippen LogP contribution in [0, 0.1) is 6.92 Å². The molecule has 0 amide bonds. The lowest BCUT2D eigenvalue weighted by Crippen LogP contribution is -2.29. The summed E-state index contributed by atoms with van der Waals surface area (Å²) >= 11 is 0. The molecule has 0 atom stereocenters. The van der Waals surface area contributed by atoms with Crippen LogP contribution in [0.1, 0.15) is 69.7 Å². The zero-order valence-corrected chi connectivity index (χ0v) is 20.8. The van der Waals surface area contributed by atoms with Crippen molar-refractivity contribution in [3.8, 4) is 0 Å². The highest BCUT2D eigenvalue weighted by Crippen LogP contribution is 2.38. The van der Waals surface area contributed by atoms with E-state index in [0.29, 0.717) is 30.7 Å². The number of benzene rings is 2. The highest BCUT2D eigenvalue weighted by molar-refractivity contribution is 7.89. The van der Waals surface area contributed by atoms with E-state index in [1.807, 2.05) is 12.1 Å². The number of ketones is 1. The molecule has 0 unspecified atom stereocenters. The third-order valence-corrected chi connectivity index (χ3v) is 8.43. The second-order valence-corrected chi connectivity index (χ2v) is 11.2. The van der Waals surface area contributed by atoms with Gasteiger partial charge in [0.2, 0.25) is 10.0 Å². The molecule has 8 heteroatoms. The number of hydrogen-bond acceptors (Lipinski definition) is 6. The van der Waals surface area contributed by atoms with E-state index in [0.717, 1.165) is 36.9 Å². The number of carbonyl (C=O) groups excluding carboxylic acids is 1. The number of aryl methyl sites for hydroxylation is 4. The van der Waals surface area contributed by atoms with Gasteiger partial charge in [0.05, 0.1) is 11.6 Å². The normalized spacial score (nSPS) is 14.7. The molecule has 0 fully saturated rings. The Balaban J connectivity index is 1.15. The van der Waals surface area contributed by atoms with E-state index < -0.39 is 10.0 Å². The SMILES string of the molecule is Cc1cc(C(=O)CCCc2ccc(S(=O)(=O)NCNc3c4c(cc5c3CCC5)CCC4)cc2)no1. The molecule has 184 valence electrons. The van der Waals surface area contributed by atoms with Crippen molar-refractivity contribution >= 4 is 21.5 Å². The molecule has 0 saturated heterocycles. The van der Waals surface area contributed by atoms with Gasteiger partial charge in [0, 0.05) is 18.2 Å². The molecule has 2 N–H and O–H groups in total. The van der Waals surface area contributed by atoms with Gasteiger partial charge in [-0.15, -0.1) is 0 Å². The lowest BCUT2D eigenvalue weighted by Gasteiger charge is -2.17. The number of aromatic nitrogens is 1. The van der Waals surface area contributed by atoms with Crippen LogP contribution in [0.15, 0.2) is 45.8 Å². The molecule has 35 heavy (non-hydrogen) atoms. The molecule has 3 aromatic rings. The number of hydrogen-bond donors (Lipinski definition) is 2. The van der Waals surface area contributed by atoms with Gasteiger partial charge in [-0.3, -0.25) is 4.79 Å². The molecule has 0 saturated carbocycles. The molecule has 1 aromatic heterocycles. The first-order valence-corrected chi connectivity index (χ1v) is 13.8. The summed E-state index contributed by atoms with van der Waals surface area (Å²) in [6, 6.07) is 10.9. The van der Waals surface area contributed by atoms with Gasteiger partial charge in [0.15, 0.2) is 5.78 Å². The van der Waals surface area contributed by atoms with E-state index in [1.54, 1.807) is 25.1 Å². The van der Waals surface area contributed by atoms with Gasteiger partial charge in [0.1, 0.15) is 11.5 Å². The van der Waals surface area contributed by atoms with Crippen molar-refractivity contribution in [1.82, 2.24) is 9.88 Å². The number of rotatable bonds is 10. The molecule has 0 bridgehead atoms. The Kier molecular flexibility index (Phi) is 6.75. The Morgan fingerprint density at radius 3 is 2.31 bits per heavy atom. The Morgan fingerprint density at radius 1 is 1.00 bits per heavy atom. The van der Waals surface area contributed by atoms with Gasteiger partial charge in [-0.05, 0) is 98.2 Å². The number of nitrogens with zero attached hydrogens (tertiary/aromatic N) is 1. The van der Waals surface area contributed by atoms with Crippen molar-refractivity contribution < 1.29 is 17.7 Å². The van der Waals surface area contributed by atoms with Crippen LogP contribution in [0.2, 0.25) is 0 Å². The highest BCUT2D eigenvalue weighted by atomic mass is 32.2. The van der Waals surface area contributed by atoms with Crippen LogP contribution in [0.5, 0.6) is 0 Å². The van der Waals surface area contributed by atoms with E-state index in [2.05, 4.69) is 21.3 Å². The van der Waals surface area contributed by atoms with E-state index >= 15 is 0 Å². The predicted octanol–water partition coefficient (Wildman–Crippen LogP) is 4.51. The summed E-state index contributed by atoms with van der Waals surface area (Å²) in [4.78, 5) is 12.4. The lowest BCUT2D eigenvalue weighted by atomic mass is 9.99. The minimum Gasteiger partial charge on any atom is -0.371 e. The molecule has 5 rings (SSSR count). The number of nitrogens with one attached hydrogen (secondary N) is 2. The first-order chi connectivity index (χ1) is 16.9. The van der Waals surface area contributed by atoms with Gasteiger partial charge >= 0.3 is 0 Å². The number of anilines is 1. The molecular weight excluding hydrogens is 462 g/mol. The molecule has 2 aromatic carbocycles. The van der Waals surface area contributed by atoms with Crippen LogP contribution in [0.4, 0.5) is 5.69 Å². The molecule has 2 aliphatic carbocycles. The van der Waals surface area contributed by atoms with Crippen LogP contribution in [-0.4, -0.2) is 26.0 Å². The fourth-order valence-electron chi connectivity index (χ4n) is 5.25. The van der Waals surface area contributed by atoms with Gasteiger partial charge in [0.25, 0.3) is 0 Å². The average molecular weight is 494 g/mol. The molecule has 0 radical (unpaired) electrons. The van der Waals surface area contributed by atoms with Crippen LogP contribution in [0.3, 0.4) is 0 Å². The summed E-state index contributed by atoms with van der Waals surface area (Å²) in [5.41, 5.74) is 8.07. The summed E-state index contributed by atoms with van der Waals surface area (Å²) in [6.07, 6.45) is 8.38. The van der Waals surface area contributed by atoms with Crippen LogP contribution in [-0.2, 0) is 42.1 Å². The Morgan fingerprint density at radius 2 is 1.69 bits per heavy atom. The minimum absolute atomic E-state index is 0.0487. The summed E-state index contributed by atoms with van der Waals surface area (Å²) < 4.78 is 33.4. The number of sulfonamides is 1. The third kappa shape index (κ3) is 5.18. The molecule has 7 nitrogen and oxygen atoms in total. The fraction of sp³-hybridized carbons (Fsp3) is 0.407. The summed E-state index contributed by atoms with van der Waals surface area (Å²) in [6.45, 7) is 1.92. The van der Waals surface area contributed by atoms with Crippen molar-refractivity contribution in [2.45, 2.75) is 69.6 Å². The van der Waals surface area contributed by atoms with Gasteiger partial charge in [-0.25, -0.2) is 8.42 Å². The topological polar surface area (TPSA) is 101 Å². The second kappa shape index (κ2) is 9.95. The van der Waals surface area contributed by atoms with Crippen molar-refractivity contribution in [2.75, 3.05) is 12.0 Å². The van der Waals surface area contributed by atoms with Crippen LogP contribution >= 0.6 is 0 Å². The summed E-state index contributed by atoms with van der Waals surface area (Å²) in [7, 11) is -3.63. The summed E-state index contributed by atoms with van der Waals surface area (Å²) in [5.74, 6) is 0.568. The van der Waals surface area contributed by atoms with E-state index in [9.17, 15) is 13.2 Å². The van der Waals surface area contributed by atoms with E-state index in [1.165, 1.54) is 35.1 Å². The zero-order chi connectivity index (χ0) is 24.4. The van der Waals surface area contributed by atoms with Gasteiger partial charge in [-0.2, -0.15) is 4.72 Å². The molecule has 2 aliphatic rings. The fourth-order valence-corrected chi connectivity index (χ4v) is 6.17. The number of Topliss-reactive ketones (excluding diaryl/α,β-unsaturated/α-hetero) is 1. The van der Waals surface area contributed by atoms with Crippen LogP contribution < -0.4 is 10.0 Å². The number of fused-ring (bicyclic) bond motifs is 2. The maximum absolute atomic E-state index is 12.9. The monoisotopic (exact) mass is 493 g/mol. The molecule has 1 heterocycles. The van der Waals surface area contributed by atoms with E-state index in [-0.39, 0.29) is 17.3 Å². The van der Waals surface area contributed by atoms with Crippen molar-refractivity contribution in [3.05, 3.63) is 75.7 Å². The molecule has 0 spiro atoms.